The van der Waals surface area contributed by atoms with E-state index < -0.39 is 0 Å². The maximum atomic E-state index is 14.3. The van der Waals surface area contributed by atoms with E-state index in [0.717, 1.165) is 16.5 Å². The molecule has 1 amide bonds. The third-order valence-corrected chi connectivity index (χ3v) is 6.67. The van der Waals surface area contributed by atoms with Gasteiger partial charge in [0.15, 0.2) is 5.17 Å². The Morgan fingerprint density at radius 2 is 1.71 bits per heavy atom. The number of fused-ring (bicyclic) bond motifs is 1. The highest BCUT2D eigenvalue weighted by Crippen LogP contribution is 2.35. The Bertz CT molecular complexity index is 1440. The number of halogens is 2. The minimum atomic E-state index is -0.334. The van der Waals surface area contributed by atoms with Crippen LogP contribution >= 0.6 is 11.8 Å². The van der Waals surface area contributed by atoms with Gasteiger partial charge in [0.25, 0.3) is 5.91 Å². The predicted molar refractivity (Wildman–Crippen MR) is 134 cm³/mol. The summed E-state index contributed by atoms with van der Waals surface area (Å²) in [5.41, 5.74) is 3.01. The molecule has 0 atom stereocenters. The number of aliphatic imine (C=N–C) groups is 1. The van der Waals surface area contributed by atoms with Crippen LogP contribution in [-0.4, -0.2) is 27.1 Å². The van der Waals surface area contributed by atoms with Crippen molar-refractivity contribution in [1.29, 1.82) is 0 Å². The van der Waals surface area contributed by atoms with E-state index in [0.29, 0.717) is 34.4 Å². The lowest BCUT2D eigenvalue weighted by atomic mass is 10.1. The number of hydrogen-bond acceptors (Lipinski definition) is 3. The van der Waals surface area contributed by atoms with E-state index in [4.69, 9.17) is 0 Å². The second-order valence-corrected chi connectivity index (χ2v) is 8.86. The van der Waals surface area contributed by atoms with E-state index in [9.17, 15) is 13.6 Å². The first-order chi connectivity index (χ1) is 16.5. The summed E-state index contributed by atoms with van der Waals surface area (Å²) in [6, 6.07) is 20.5. The lowest BCUT2D eigenvalue weighted by molar-refractivity contribution is -0.122. The molecule has 1 aliphatic heterocycles. The quantitative estimate of drug-likeness (QED) is 0.307. The Hall–Kier alpha value is -3.71. The number of hydrogen-bond donors (Lipinski definition) is 0. The fourth-order valence-corrected chi connectivity index (χ4v) is 5.02. The zero-order chi connectivity index (χ0) is 23.7. The molecule has 1 aliphatic rings. The van der Waals surface area contributed by atoms with Gasteiger partial charge in [0, 0.05) is 34.8 Å². The summed E-state index contributed by atoms with van der Waals surface area (Å²) in [4.78, 5) is 19.8. The minimum absolute atomic E-state index is 0.126. The maximum Gasteiger partial charge on any atom is 0.266 e. The molecular formula is C27H21F2N3OS. The van der Waals surface area contributed by atoms with Crippen molar-refractivity contribution in [2.45, 2.75) is 13.5 Å². The molecule has 1 saturated heterocycles. The molecule has 1 aromatic heterocycles. The lowest BCUT2D eigenvalue weighted by Gasteiger charge is -2.11. The van der Waals surface area contributed by atoms with Crippen molar-refractivity contribution >= 4 is 45.5 Å². The first-order valence-corrected chi connectivity index (χ1v) is 11.7. The summed E-state index contributed by atoms with van der Waals surface area (Å²) in [6.45, 7) is 2.75. The number of likely N-dealkylation sites (N-methyl/N-ethyl adjacent to an activating group) is 1. The first kappa shape index (κ1) is 22.1. The zero-order valence-corrected chi connectivity index (χ0v) is 19.2. The molecule has 0 aliphatic carbocycles. The lowest BCUT2D eigenvalue weighted by Crippen LogP contribution is -2.28. The number of nitrogens with zero attached hydrogens (tertiary/aromatic N) is 3. The van der Waals surface area contributed by atoms with Gasteiger partial charge in [-0.1, -0.05) is 36.4 Å². The van der Waals surface area contributed by atoms with Crippen molar-refractivity contribution in [3.05, 3.63) is 107 Å². The van der Waals surface area contributed by atoms with Gasteiger partial charge >= 0.3 is 0 Å². The van der Waals surface area contributed by atoms with Gasteiger partial charge < -0.3 is 4.57 Å². The molecule has 0 spiro atoms. The molecular weight excluding hydrogens is 452 g/mol. The van der Waals surface area contributed by atoms with Gasteiger partial charge in [-0.15, -0.1) is 0 Å². The Labute approximate surface area is 200 Å². The van der Waals surface area contributed by atoms with Gasteiger partial charge in [0.2, 0.25) is 0 Å². The molecule has 1 fully saturated rings. The molecule has 5 rings (SSSR count). The molecule has 4 aromatic rings. The normalized spacial score (nSPS) is 16.3. The Morgan fingerprint density at radius 3 is 2.47 bits per heavy atom. The van der Waals surface area contributed by atoms with E-state index in [1.54, 1.807) is 29.2 Å². The fraction of sp³-hybridized carbons (Fsp3) is 0.111. The van der Waals surface area contributed by atoms with Crippen LogP contribution in [0.3, 0.4) is 0 Å². The highest BCUT2D eigenvalue weighted by molar-refractivity contribution is 8.18. The third-order valence-electron chi connectivity index (χ3n) is 5.66. The van der Waals surface area contributed by atoms with Crippen LogP contribution in [0, 0.1) is 11.6 Å². The van der Waals surface area contributed by atoms with E-state index >= 15 is 0 Å². The molecule has 0 bridgehead atoms. The molecule has 4 nitrogen and oxygen atoms in total. The summed E-state index contributed by atoms with van der Waals surface area (Å²) in [6.07, 6.45) is 3.81. The van der Waals surface area contributed by atoms with Gasteiger partial charge in [0.1, 0.15) is 11.6 Å². The van der Waals surface area contributed by atoms with Crippen molar-refractivity contribution in [3.8, 4) is 0 Å². The van der Waals surface area contributed by atoms with Crippen LogP contribution in [-0.2, 0) is 11.3 Å². The van der Waals surface area contributed by atoms with Crippen molar-refractivity contribution in [2.75, 3.05) is 6.54 Å². The average molecular weight is 474 g/mol. The summed E-state index contributed by atoms with van der Waals surface area (Å²) < 4.78 is 29.5. The summed E-state index contributed by atoms with van der Waals surface area (Å²) >= 11 is 1.29. The number of carbonyl (C=O) groups excluding carboxylic acids is 1. The van der Waals surface area contributed by atoms with E-state index in [1.807, 2.05) is 54.1 Å². The Morgan fingerprint density at radius 1 is 0.971 bits per heavy atom. The van der Waals surface area contributed by atoms with Crippen LogP contribution in [0.15, 0.2) is 88.9 Å². The van der Waals surface area contributed by atoms with Gasteiger partial charge in [-0.05, 0) is 61.2 Å². The van der Waals surface area contributed by atoms with Crippen molar-refractivity contribution in [1.82, 2.24) is 9.47 Å². The minimum Gasteiger partial charge on any atom is -0.342 e. The van der Waals surface area contributed by atoms with Crippen LogP contribution in [0.5, 0.6) is 0 Å². The number of thioether (sulfide) groups is 1. The van der Waals surface area contributed by atoms with Crippen molar-refractivity contribution in [2.24, 2.45) is 4.99 Å². The molecule has 3 aromatic carbocycles. The van der Waals surface area contributed by atoms with Crippen LogP contribution in [0.1, 0.15) is 18.1 Å². The second kappa shape index (κ2) is 9.27. The van der Waals surface area contributed by atoms with E-state index in [-0.39, 0.29) is 17.5 Å². The van der Waals surface area contributed by atoms with Crippen LogP contribution < -0.4 is 0 Å². The Balaban J connectivity index is 1.52. The highest BCUT2D eigenvalue weighted by atomic mass is 32.2. The van der Waals surface area contributed by atoms with Gasteiger partial charge in [-0.3, -0.25) is 9.69 Å². The average Bonchev–Trinajstić information content (AvgIpc) is 3.34. The van der Waals surface area contributed by atoms with Gasteiger partial charge in [-0.25, -0.2) is 13.8 Å². The van der Waals surface area contributed by atoms with E-state index in [1.165, 1.54) is 30.0 Å². The van der Waals surface area contributed by atoms with Crippen LogP contribution in [0.2, 0.25) is 0 Å². The number of para-hydroxylation sites is 1. The monoisotopic (exact) mass is 473 g/mol. The largest absolute Gasteiger partial charge is 0.342 e. The smallest absolute Gasteiger partial charge is 0.266 e. The number of carbonyl (C=O) groups is 1. The summed E-state index contributed by atoms with van der Waals surface area (Å²) in [7, 11) is 0. The van der Waals surface area contributed by atoms with Crippen molar-refractivity contribution < 1.29 is 13.6 Å². The fourth-order valence-electron chi connectivity index (χ4n) is 3.97. The highest BCUT2D eigenvalue weighted by Gasteiger charge is 2.32. The number of amides is 1. The summed E-state index contributed by atoms with van der Waals surface area (Å²) in [5.74, 6) is -0.708. The van der Waals surface area contributed by atoms with Crippen LogP contribution in [0.4, 0.5) is 14.5 Å². The molecule has 0 unspecified atom stereocenters. The zero-order valence-electron chi connectivity index (χ0n) is 18.4. The first-order valence-electron chi connectivity index (χ1n) is 10.9. The number of rotatable bonds is 5. The Kier molecular flexibility index (Phi) is 6.02. The third kappa shape index (κ3) is 4.26. The maximum absolute atomic E-state index is 14.3. The van der Waals surface area contributed by atoms with Gasteiger partial charge in [-0.2, -0.15) is 0 Å². The van der Waals surface area contributed by atoms with Gasteiger partial charge in [0.05, 0.1) is 17.1 Å². The van der Waals surface area contributed by atoms with E-state index in [2.05, 4.69) is 4.99 Å². The molecule has 0 N–H and O–H groups in total. The molecule has 34 heavy (non-hydrogen) atoms. The SMILES string of the molecule is CCN1C(=O)/C(=C\c2cn(Cc3ccccc3F)c3ccccc23)SC1=Nc1ccc(F)cc1. The van der Waals surface area contributed by atoms with Crippen LogP contribution in [0.25, 0.3) is 17.0 Å². The summed E-state index contributed by atoms with van der Waals surface area (Å²) in [5, 5.41) is 1.53. The second-order valence-electron chi connectivity index (χ2n) is 7.85. The molecule has 170 valence electrons. The molecule has 0 radical (unpaired) electrons. The number of aromatic nitrogens is 1. The number of benzene rings is 3. The standard InChI is InChI=1S/C27H21F2N3OS/c1-2-32-26(33)25(34-27(32)30-21-13-11-20(28)12-14-21)15-19-17-31(24-10-6-4-8-22(19)24)16-18-7-3-5-9-23(18)29/h3-15,17H,2,16H2,1H3/b25-15+,30-27?. The topological polar surface area (TPSA) is 37.6 Å². The molecule has 0 saturated carbocycles. The number of amidine groups is 1. The molecule has 7 heteroatoms. The van der Waals surface area contributed by atoms with Crippen molar-refractivity contribution in [3.63, 3.8) is 0 Å². The predicted octanol–water partition coefficient (Wildman–Crippen LogP) is 6.59. The molecule has 2 heterocycles.